The standard InChI is InChI=1S/C15H20Cl2N2O/c1-11(2)19-7-5-18(6-8-19)10-15(20)12-3-4-13(16)14(17)9-12/h3-4,9,11H,5-8,10H2,1-2H3. The number of hydrogen-bond acceptors (Lipinski definition) is 3. The van der Waals surface area contributed by atoms with Crippen molar-refractivity contribution in [1.82, 2.24) is 9.80 Å². The summed E-state index contributed by atoms with van der Waals surface area (Å²) < 4.78 is 0. The van der Waals surface area contributed by atoms with Gasteiger partial charge in [-0.25, -0.2) is 0 Å². The van der Waals surface area contributed by atoms with Crippen molar-refractivity contribution < 1.29 is 4.79 Å². The molecule has 1 aliphatic heterocycles. The minimum absolute atomic E-state index is 0.0987. The highest BCUT2D eigenvalue weighted by Crippen LogP contribution is 2.23. The quantitative estimate of drug-likeness (QED) is 0.797. The van der Waals surface area contributed by atoms with Crippen LogP contribution in [0.3, 0.4) is 0 Å². The molecule has 0 atom stereocenters. The van der Waals surface area contributed by atoms with Gasteiger partial charge >= 0.3 is 0 Å². The first-order valence-corrected chi connectivity index (χ1v) is 7.67. The number of benzene rings is 1. The summed E-state index contributed by atoms with van der Waals surface area (Å²) in [5.74, 6) is 0.0987. The molecule has 110 valence electrons. The Hall–Kier alpha value is -0.610. The normalized spacial score (nSPS) is 17.6. The maximum atomic E-state index is 12.2. The van der Waals surface area contributed by atoms with Gasteiger partial charge in [-0.3, -0.25) is 14.6 Å². The number of carbonyl (C=O) groups excluding carboxylic acids is 1. The van der Waals surface area contributed by atoms with E-state index < -0.39 is 0 Å². The Morgan fingerprint density at radius 3 is 2.35 bits per heavy atom. The van der Waals surface area contributed by atoms with Gasteiger partial charge in [-0.2, -0.15) is 0 Å². The van der Waals surface area contributed by atoms with E-state index in [1.165, 1.54) is 0 Å². The SMILES string of the molecule is CC(C)N1CCN(CC(=O)c2ccc(Cl)c(Cl)c2)CC1. The van der Waals surface area contributed by atoms with Crippen LogP contribution in [0.4, 0.5) is 0 Å². The third-order valence-electron chi connectivity index (χ3n) is 3.75. The van der Waals surface area contributed by atoms with Crippen LogP contribution in [0.15, 0.2) is 18.2 Å². The molecule has 0 aliphatic carbocycles. The van der Waals surface area contributed by atoms with Crippen LogP contribution in [0.1, 0.15) is 24.2 Å². The molecule has 2 rings (SSSR count). The number of rotatable bonds is 4. The summed E-state index contributed by atoms with van der Waals surface area (Å²) in [5, 5.41) is 0.913. The Kier molecular flexibility index (Phi) is 5.44. The third kappa shape index (κ3) is 3.95. The lowest BCUT2D eigenvalue weighted by molar-refractivity contribution is 0.0807. The topological polar surface area (TPSA) is 23.6 Å². The molecule has 1 heterocycles. The molecular weight excluding hydrogens is 295 g/mol. The van der Waals surface area contributed by atoms with Crippen LogP contribution in [0.5, 0.6) is 0 Å². The minimum Gasteiger partial charge on any atom is -0.298 e. The van der Waals surface area contributed by atoms with E-state index in [9.17, 15) is 4.79 Å². The fourth-order valence-electron chi connectivity index (χ4n) is 2.40. The van der Waals surface area contributed by atoms with Crippen molar-refractivity contribution in [3.63, 3.8) is 0 Å². The van der Waals surface area contributed by atoms with Crippen LogP contribution in [0, 0.1) is 0 Å². The molecule has 0 bridgehead atoms. The van der Waals surface area contributed by atoms with Crippen molar-refractivity contribution in [1.29, 1.82) is 0 Å². The maximum absolute atomic E-state index is 12.2. The van der Waals surface area contributed by atoms with Crippen molar-refractivity contribution >= 4 is 29.0 Å². The fourth-order valence-corrected chi connectivity index (χ4v) is 2.70. The highest BCUT2D eigenvalue weighted by atomic mass is 35.5. The molecule has 1 saturated heterocycles. The summed E-state index contributed by atoms with van der Waals surface area (Å²) in [6.45, 7) is 8.77. The lowest BCUT2D eigenvalue weighted by Gasteiger charge is -2.36. The number of halogens is 2. The lowest BCUT2D eigenvalue weighted by Crippen LogP contribution is -2.50. The second kappa shape index (κ2) is 6.90. The van der Waals surface area contributed by atoms with E-state index in [-0.39, 0.29) is 5.78 Å². The Balaban J connectivity index is 1.91. The second-order valence-corrected chi connectivity index (χ2v) is 6.27. The van der Waals surface area contributed by atoms with Crippen LogP contribution < -0.4 is 0 Å². The van der Waals surface area contributed by atoms with E-state index in [0.717, 1.165) is 26.2 Å². The van der Waals surface area contributed by atoms with Gasteiger partial charge in [0, 0.05) is 37.8 Å². The molecule has 5 heteroatoms. The van der Waals surface area contributed by atoms with Crippen LogP contribution in [0.25, 0.3) is 0 Å². The second-order valence-electron chi connectivity index (χ2n) is 5.46. The first-order chi connectivity index (χ1) is 9.47. The molecule has 0 aromatic heterocycles. The molecule has 0 N–H and O–H groups in total. The minimum atomic E-state index is 0.0987. The zero-order valence-electron chi connectivity index (χ0n) is 11.9. The summed E-state index contributed by atoms with van der Waals surface area (Å²) in [7, 11) is 0. The molecule has 0 saturated carbocycles. The molecular formula is C15H20Cl2N2O. The lowest BCUT2D eigenvalue weighted by atomic mass is 10.1. The van der Waals surface area contributed by atoms with Crippen molar-refractivity contribution in [3.05, 3.63) is 33.8 Å². The van der Waals surface area contributed by atoms with E-state index in [2.05, 4.69) is 23.6 Å². The van der Waals surface area contributed by atoms with Gasteiger partial charge in [-0.15, -0.1) is 0 Å². The smallest absolute Gasteiger partial charge is 0.176 e. The third-order valence-corrected chi connectivity index (χ3v) is 4.48. The van der Waals surface area contributed by atoms with E-state index in [0.29, 0.717) is 28.2 Å². The summed E-state index contributed by atoms with van der Waals surface area (Å²) in [6, 6.07) is 5.63. The molecule has 1 aliphatic rings. The van der Waals surface area contributed by atoms with Gasteiger partial charge < -0.3 is 0 Å². The van der Waals surface area contributed by atoms with Crippen molar-refractivity contribution in [3.8, 4) is 0 Å². The van der Waals surface area contributed by atoms with E-state index >= 15 is 0 Å². The van der Waals surface area contributed by atoms with Gasteiger partial charge in [0.25, 0.3) is 0 Å². The zero-order valence-corrected chi connectivity index (χ0v) is 13.4. The Morgan fingerprint density at radius 1 is 1.15 bits per heavy atom. The number of hydrogen-bond donors (Lipinski definition) is 0. The summed E-state index contributed by atoms with van der Waals surface area (Å²) in [4.78, 5) is 16.9. The molecule has 20 heavy (non-hydrogen) atoms. The molecule has 1 aromatic carbocycles. The van der Waals surface area contributed by atoms with E-state index in [1.807, 2.05) is 0 Å². The van der Waals surface area contributed by atoms with Gasteiger partial charge in [-0.1, -0.05) is 23.2 Å². The van der Waals surface area contributed by atoms with Crippen LogP contribution >= 0.6 is 23.2 Å². The number of nitrogens with zero attached hydrogens (tertiary/aromatic N) is 2. The number of carbonyl (C=O) groups is 1. The zero-order chi connectivity index (χ0) is 14.7. The summed E-state index contributed by atoms with van der Waals surface area (Å²) in [5.41, 5.74) is 0.630. The van der Waals surface area contributed by atoms with Crippen molar-refractivity contribution in [2.45, 2.75) is 19.9 Å². The number of ketones is 1. The molecule has 0 unspecified atom stereocenters. The van der Waals surface area contributed by atoms with Crippen molar-refractivity contribution in [2.75, 3.05) is 32.7 Å². The molecule has 0 radical (unpaired) electrons. The van der Waals surface area contributed by atoms with Crippen molar-refractivity contribution in [2.24, 2.45) is 0 Å². The number of Topliss-reactive ketones (excluding diaryl/α,β-unsaturated/α-hetero) is 1. The molecule has 1 fully saturated rings. The van der Waals surface area contributed by atoms with Crippen LogP contribution in [0.2, 0.25) is 10.0 Å². The van der Waals surface area contributed by atoms with Gasteiger partial charge in [0.2, 0.25) is 0 Å². The summed E-state index contributed by atoms with van der Waals surface area (Å²) in [6.07, 6.45) is 0. The highest BCUT2D eigenvalue weighted by molar-refractivity contribution is 6.42. The van der Waals surface area contributed by atoms with Gasteiger partial charge in [-0.05, 0) is 32.0 Å². The molecule has 0 spiro atoms. The first kappa shape index (κ1) is 15.8. The summed E-state index contributed by atoms with van der Waals surface area (Å²) >= 11 is 11.8. The Bertz CT molecular complexity index is 483. The highest BCUT2D eigenvalue weighted by Gasteiger charge is 2.21. The molecule has 1 aromatic rings. The van der Waals surface area contributed by atoms with Gasteiger partial charge in [0.15, 0.2) is 5.78 Å². The maximum Gasteiger partial charge on any atom is 0.176 e. The van der Waals surface area contributed by atoms with Crippen LogP contribution in [-0.4, -0.2) is 54.3 Å². The van der Waals surface area contributed by atoms with E-state index in [4.69, 9.17) is 23.2 Å². The van der Waals surface area contributed by atoms with Crippen LogP contribution in [-0.2, 0) is 0 Å². The monoisotopic (exact) mass is 314 g/mol. The average Bonchev–Trinajstić information content (AvgIpc) is 2.42. The average molecular weight is 315 g/mol. The predicted octanol–water partition coefficient (Wildman–Crippen LogP) is 3.20. The first-order valence-electron chi connectivity index (χ1n) is 6.92. The fraction of sp³-hybridized carbons (Fsp3) is 0.533. The van der Waals surface area contributed by atoms with Gasteiger partial charge in [0.05, 0.1) is 16.6 Å². The molecule has 0 amide bonds. The van der Waals surface area contributed by atoms with Gasteiger partial charge in [0.1, 0.15) is 0 Å². The van der Waals surface area contributed by atoms with E-state index in [1.54, 1.807) is 18.2 Å². The number of piperazine rings is 1. The Labute approximate surface area is 130 Å². The predicted molar refractivity (Wildman–Crippen MR) is 83.9 cm³/mol. The Morgan fingerprint density at radius 2 is 1.80 bits per heavy atom. The molecule has 3 nitrogen and oxygen atoms in total. The largest absolute Gasteiger partial charge is 0.298 e.